The van der Waals surface area contributed by atoms with Crippen molar-refractivity contribution in [2.75, 3.05) is 19.5 Å². The number of aromatic nitrogens is 2. The van der Waals surface area contributed by atoms with E-state index in [1.165, 1.54) is 0 Å². The number of hydrogen-bond donors (Lipinski definition) is 1. The number of methoxy groups -OCH3 is 1. The van der Waals surface area contributed by atoms with Gasteiger partial charge in [0, 0.05) is 31.9 Å². The highest BCUT2D eigenvalue weighted by atomic mass is 16.5. The molecule has 0 unspecified atom stereocenters. The minimum atomic E-state index is 0.560. The first-order valence-corrected chi connectivity index (χ1v) is 4.87. The molecule has 2 N–H and O–H groups in total. The fourth-order valence-corrected chi connectivity index (χ4v) is 1.24. The van der Waals surface area contributed by atoms with Crippen molar-refractivity contribution in [1.29, 1.82) is 0 Å². The maximum absolute atomic E-state index is 5.66. The predicted molar refractivity (Wildman–Crippen MR) is 56.0 cm³/mol. The van der Waals surface area contributed by atoms with Crippen molar-refractivity contribution in [2.24, 2.45) is 0 Å². The predicted octanol–water partition coefficient (Wildman–Crippen LogP) is 1.20. The number of nitrogens with two attached hydrogens (primary N) is 1. The van der Waals surface area contributed by atoms with Gasteiger partial charge in [0.05, 0.1) is 0 Å². The third kappa shape index (κ3) is 3.30. The molecule has 1 aromatic rings. The third-order valence-electron chi connectivity index (χ3n) is 1.96. The van der Waals surface area contributed by atoms with Crippen LogP contribution in [0.3, 0.4) is 0 Å². The number of hydrogen-bond acceptors (Lipinski definition) is 4. The summed E-state index contributed by atoms with van der Waals surface area (Å²) in [4.78, 5) is 8.54. The van der Waals surface area contributed by atoms with Gasteiger partial charge in [0.1, 0.15) is 11.6 Å². The van der Waals surface area contributed by atoms with Gasteiger partial charge in [0.25, 0.3) is 0 Å². The van der Waals surface area contributed by atoms with Crippen molar-refractivity contribution in [2.45, 2.75) is 26.2 Å². The first-order chi connectivity index (χ1) is 6.76. The Morgan fingerprint density at radius 1 is 1.43 bits per heavy atom. The molecule has 0 spiro atoms. The quantitative estimate of drug-likeness (QED) is 0.717. The molecule has 0 fully saturated rings. The molecule has 1 heterocycles. The van der Waals surface area contributed by atoms with Crippen LogP contribution in [0.1, 0.15) is 24.9 Å². The minimum Gasteiger partial charge on any atom is -0.385 e. The summed E-state index contributed by atoms with van der Waals surface area (Å²) in [7, 11) is 1.69. The molecule has 0 aliphatic rings. The fourth-order valence-electron chi connectivity index (χ4n) is 1.24. The van der Waals surface area contributed by atoms with E-state index in [1.54, 1.807) is 7.11 Å². The monoisotopic (exact) mass is 195 g/mol. The number of aryl methyl sites for hydroxylation is 2. The Hall–Kier alpha value is -1.16. The van der Waals surface area contributed by atoms with Crippen LogP contribution in [-0.2, 0) is 17.6 Å². The highest BCUT2D eigenvalue weighted by molar-refractivity contribution is 5.29. The van der Waals surface area contributed by atoms with Gasteiger partial charge < -0.3 is 10.5 Å². The van der Waals surface area contributed by atoms with E-state index in [1.807, 2.05) is 6.07 Å². The van der Waals surface area contributed by atoms with Crippen LogP contribution in [-0.4, -0.2) is 23.7 Å². The molecule has 0 atom stereocenters. The molecule has 0 amide bonds. The highest BCUT2D eigenvalue weighted by Gasteiger charge is 2.01. The van der Waals surface area contributed by atoms with Gasteiger partial charge in [-0.05, 0) is 12.8 Å². The Kier molecular flexibility index (Phi) is 4.32. The zero-order valence-corrected chi connectivity index (χ0v) is 8.79. The second-order valence-corrected chi connectivity index (χ2v) is 3.15. The van der Waals surface area contributed by atoms with Gasteiger partial charge in [0.15, 0.2) is 0 Å². The lowest BCUT2D eigenvalue weighted by atomic mass is 10.2. The van der Waals surface area contributed by atoms with Crippen LogP contribution in [0.25, 0.3) is 0 Å². The zero-order valence-electron chi connectivity index (χ0n) is 8.79. The van der Waals surface area contributed by atoms with E-state index < -0.39 is 0 Å². The Morgan fingerprint density at radius 2 is 2.21 bits per heavy atom. The zero-order chi connectivity index (χ0) is 10.4. The molecule has 0 aliphatic carbocycles. The van der Waals surface area contributed by atoms with Gasteiger partial charge in [-0.15, -0.1) is 0 Å². The first kappa shape index (κ1) is 10.9. The van der Waals surface area contributed by atoms with E-state index in [9.17, 15) is 0 Å². The van der Waals surface area contributed by atoms with E-state index in [-0.39, 0.29) is 0 Å². The lowest BCUT2D eigenvalue weighted by Gasteiger charge is -2.03. The summed E-state index contributed by atoms with van der Waals surface area (Å²) < 4.78 is 4.96. The normalized spacial score (nSPS) is 10.4. The average Bonchev–Trinajstić information content (AvgIpc) is 2.17. The lowest BCUT2D eigenvalue weighted by molar-refractivity contribution is 0.194. The maximum atomic E-state index is 5.66. The van der Waals surface area contributed by atoms with E-state index >= 15 is 0 Å². The molecule has 14 heavy (non-hydrogen) atoms. The van der Waals surface area contributed by atoms with Gasteiger partial charge in [-0.1, -0.05) is 6.92 Å². The van der Waals surface area contributed by atoms with Crippen LogP contribution in [0.2, 0.25) is 0 Å². The van der Waals surface area contributed by atoms with Gasteiger partial charge in [-0.2, -0.15) is 0 Å². The van der Waals surface area contributed by atoms with Crippen molar-refractivity contribution >= 4 is 5.82 Å². The average molecular weight is 195 g/mol. The van der Waals surface area contributed by atoms with Crippen molar-refractivity contribution in [1.82, 2.24) is 9.97 Å². The largest absolute Gasteiger partial charge is 0.385 e. The Bertz CT molecular complexity index is 289. The molecule has 0 saturated carbocycles. The lowest BCUT2D eigenvalue weighted by Crippen LogP contribution is -2.04. The molecule has 1 aromatic heterocycles. The van der Waals surface area contributed by atoms with Crippen LogP contribution >= 0.6 is 0 Å². The molecule has 4 heteroatoms. The molecular formula is C10H17N3O. The molecule has 0 radical (unpaired) electrons. The molecular weight excluding hydrogens is 178 g/mol. The molecule has 0 bridgehead atoms. The van der Waals surface area contributed by atoms with Crippen LogP contribution in [0.15, 0.2) is 6.07 Å². The molecule has 78 valence electrons. The molecule has 0 aromatic carbocycles. The van der Waals surface area contributed by atoms with Gasteiger partial charge in [-0.3, -0.25) is 0 Å². The summed E-state index contributed by atoms with van der Waals surface area (Å²) in [5.74, 6) is 1.38. The van der Waals surface area contributed by atoms with Gasteiger partial charge >= 0.3 is 0 Å². The summed E-state index contributed by atoms with van der Waals surface area (Å²) in [5.41, 5.74) is 6.66. The summed E-state index contributed by atoms with van der Waals surface area (Å²) in [6.45, 7) is 2.79. The molecule has 0 aliphatic heterocycles. The molecule has 4 nitrogen and oxygen atoms in total. The standard InChI is InChI=1S/C10H17N3O/c1-3-8-7-9(11)13-10(12-8)5-4-6-14-2/h7H,3-6H2,1-2H3,(H2,11,12,13). The first-order valence-electron chi connectivity index (χ1n) is 4.87. The number of nitrogen functional groups attached to an aromatic ring is 1. The smallest absolute Gasteiger partial charge is 0.131 e. The van der Waals surface area contributed by atoms with Crippen LogP contribution in [0, 0.1) is 0 Å². The van der Waals surface area contributed by atoms with Gasteiger partial charge in [-0.25, -0.2) is 9.97 Å². The summed E-state index contributed by atoms with van der Waals surface area (Å²) in [5, 5.41) is 0. The Balaban J connectivity index is 2.62. The number of nitrogens with zero attached hydrogens (tertiary/aromatic N) is 2. The van der Waals surface area contributed by atoms with E-state index in [4.69, 9.17) is 10.5 Å². The Labute approximate surface area is 84.5 Å². The van der Waals surface area contributed by atoms with Crippen molar-refractivity contribution in [3.05, 3.63) is 17.6 Å². The summed E-state index contributed by atoms with van der Waals surface area (Å²) in [6.07, 6.45) is 2.65. The minimum absolute atomic E-state index is 0.560. The van der Waals surface area contributed by atoms with E-state index in [2.05, 4.69) is 16.9 Å². The van der Waals surface area contributed by atoms with Gasteiger partial charge in [0.2, 0.25) is 0 Å². The van der Waals surface area contributed by atoms with Crippen molar-refractivity contribution in [3.63, 3.8) is 0 Å². The number of ether oxygens (including phenoxy) is 1. The summed E-state index contributed by atoms with van der Waals surface area (Å²) in [6, 6.07) is 1.82. The van der Waals surface area contributed by atoms with Crippen molar-refractivity contribution < 1.29 is 4.74 Å². The van der Waals surface area contributed by atoms with Crippen LogP contribution in [0.4, 0.5) is 5.82 Å². The Morgan fingerprint density at radius 3 is 2.86 bits per heavy atom. The van der Waals surface area contributed by atoms with Crippen LogP contribution < -0.4 is 5.73 Å². The number of anilines is 1. The molecule has 0 saturated heterocycles. The second-order valence-electron chi connectivity index (χ2n) is 3.15. The fraction of sp³-hybridized carbons (Fsp3) is 0.600. The van der Waals surface area contributed by atoms with E-state index in [0.717, 1.165) is 37.4 Å². The maximum Gasteiger partial charge on any atom is 0.131 e. The van der Waals surface area contributed by atoms with E-state index in [0.29, 0.717) is 5.82 Å². The van der Waals surface area contributed by atoms with Crippen molar-refractivity contribution in [3.8, 4) is 0 Å². The second kappa shape index (κ2) is 5.54. The molecule has 1 rings (SSSR count). The van der Waals surface area contributed by atoms with Crippen LogP contribution in [0.5, 0.6) is 0 Å². The third-order valence-corrected chi connectivity index (χ3v) is 1.96. The highest BCUT2D eigenvalue weighted by Crippen LogP contribution is 2.05. The summed E-state index contributed by atoms with van der Waals surface area (Å²) >= 11 is 0. The SMILES string of the molecule is CCc1cc(N)nc(CCCOC)n1. The topological polar surface area (TPSA) is 61.0 Å². The number of rotatable bonds is 5.